The topological polar surface area (TPSA) is 70.7 Å². The molecular weight excluding hydrogens is 366 g/mol. The number of allylic oxidation sites excluding steroid dienone is 1. The van der Waals surface area contributed by atoms with Crippen molar-refractivity contribution in [2.75, 3.05) is 7.11 Å². The first-order valence-corrected chi connectivity index (χ1v) is 8.49. The van der Waals surface area contributed by atoms with E-state index in [2.05, 4.69) is 15.3 Å². The standard InChI is InChI=1S/C20H18F2N4O2/c1-13(24-25-19(27)20(2,21)22)18(14-8-10-16(28-3)11-9-14)26-17-7-5-4-6-15(17)12-23-26/h4-12H,1-3H3/p+1/b18-13+,25-24?. The third kappa shape index (κ3) is 3.95. The minimum absolute atomic E-state index is 0.292. The van der Waals surface area contributed by atoms with E-state index in [9.17, 15) is 13.6 Å². The molecule has 6 nitrogen and oxygen atoms in total. The van der Waals surface area contributed by atoms with Crippen molar-refractivity contribution in [2.24, 2.45) is 10.2 Å². The van der Waals surface area contributed by atoms with E-state index < -0.39 is 11.8 Å². The number of H-pyrrole nitrogens is 1. The Morgan fingerprint density at radius 3 is 2.43 bits per heavy atom. The molecule has 0 aliphatic carbocycles. The van der Waals surface area contributed by atoms with Crippen molar-refractivity contribution >= 4 is 22.5 Å². The van der Waals surface area contributed by atoms with Crippen LogP contribution in [0.5, 0.6) is 5.75 Å². The molecule has 1 aromatic heterocycles. The van der Waals surface area contributed by atoms with Gasteiger partial charge in [0.05, 0.1) is 24.3 Å². The molecule has 0 unspecified atom stereocenters. The Labute approximate surface area is 160 Å². The number of para-hydroxylation sites is 1. The number of halogens is 2. The van der Waals surface area contributed by atoms with Gasteiger partial charge >= 0.3 is 11.8 Å². The van der Waals surface area contributed by atoms with Crippen LogP contribution in [0.2, 0.25) is 0 Å². The summed E-state index contributed by atoms with van der Waals surface area (Å²) < 4.78 is 33.2. The van der Waals surface area contributed by atoms with Gasteiger partial charge in [-0.05, 0) is 37.3 Å². The molecule has 3 rings (SSSR count). The molecule has 1 heterocycles. The number of hydrogen-bond donors (Lipinski definition) is 1. The van der Waals surface area contributed by atoms with Crippen LogP contribution in [0.15, 0.2) is 70.7 Å². The van der Waals surface area contributed by atoms with E-state index in [1.165, 1.54) is 0 Å². The zero-order chi connectivity index (χ0) is 20.3. The lowest BCUT2D eigenvalue weighted by atomic mass is 10.1. The number of ether oxygens (including phenoxy) is 1. The smallest absolute Gasteiger partial charge is 0.334 e. The Balaban J connectivity index is 2.16. The summed E-state index contributed by atoms with van der Waals surface area (Å²) in [7, 11) is 1.56. The van der Waals surface area contributed by atoms with Crippen molar-refractivity contribution in [2.45, 2.75) is 19.8 Å². The zero-order valence-electron chi connectivity index (χ0n) is 15.6. The fourth-order valence-electron chi connectivity index (χ4n) is 2.71. The number of hydrogen-bond acceptors (Lipinski definition) is 3. The molecule has 28 heavy (non-hydrogen) atoms. The van der Waals surface area contributed by atoms with Gasteiger partial charge in [-0.2, -0.15) is 13.9 Å². The second-order valence-corrected chi connectivity index (χ2v) is 6.22. The van der Waals surface area contributed by atoms with Crippen LogP contribution in [0.4, 0.5) is 8.78 Å². The van der Waals surface area contributed by atoms with E-state index in [0.717, 1.165) is 16.5 Å². The van der Waals surface area contributed by atoms with Gasteiger partial charge < -0.3 is 4.74 Å². The number of aromatic amines is 1. The second kappa shape index (κ2) is 7.67. The largest absolute Gasteiger partial charge is 0.497 e. The van der Waals surface area contributed by atoms with Gasteiger partial charge in [0.2, 0.25) is 5.52 Å². The number of methoxy groups -OCH3 is 1. The molecule has 0 bridgehead atoms. The van der Waals surface area contributed by atoms with Gasteiger partial charge in [0, 0.05) is 13.0 Å². The number of carbonyl (C=O) groups excluding carboxylic acids is 1. The summed E-state index contributed by atoms with van der Waals surface area (Å²) in [5, 5.41) is 11.1. The Kier molecular flexibility index (Phi) is 5.30. The number of fused-ring (bicyclic) bond motifs is 1. The Hall–Kier alpha value is -3.42. The van der Waals surface area contributed by atoms with Crippen LogP contribution >= 0.6 is 0 Å². The number of carbonyl (C=O) groups is 1. The highest BCUT2D eigenvalue weighted by atomic mass is 19.3. The van der Waals surface area contributed by atoms with Gasteiger partial charge in [-0.25, -0.2) is 0 Å². The summed E-state index contributed by atoms with van der Waals surface area (Å²) >= 11 is 0. The van der Waals surface area contributed by atoms with Crippen LogP contribution in [0.3, 0.4) is 0 Å². The third-order valence-electron chi connectivity index (χ3n) is 4.12. The molecule has 144 valence electrons. The fraction of sp³-hybridized carbons (Fsp3) is 0.200. The predicted octanol–water partition coefficient (Wildman–Crippen LogP) is 4.33. The molecule has 0 saturated heterocycles. The fourth-order valence-corrected chi connectivity index (χ4v) is 2.71. The van der Waals surface area contributed by atoms with Crippen molar-refractivity contribution < 1.29 is 23.0 Å². The average molecular weight is 385 g/mol. The number of azo groups is 1. The van der Waals surface area contributed by atoms with Gasteiger partial charge in [0.25, 0.3) is 5.70 Å². The Bertz CT molecular complexity index is 1060. The normalized spacial score (nSPS) is 13.0. The van der Waals surface area contributed by atoms with Crippen LogP contribution in [-0.2, 0) is 4.79 Å². The van der Waals surface area contributed by atoms with Crippen LogP contribution in [0, 0.1) is 0 Å². The van der Waals surface area contributed by atoms with E-state index in [4.69, 9.17) is 4.74 Å². The van der Waals surface area contributed by atoms with E-state index in [-0.39, 0.29) is 0 Å². The highest BCUT2D eigenvalue weighted by Crippen LogP contribution is 2.23. The molecule has 0 atom stereocenters. The van der Waals surface area contributed by atoms with Crippen LogP contribution in [0.25, 0.3) is 16.6 Å². The summed E-state index contributed by atoms with van der Waals surface area (Å²) in [4.78, 5) is 11.4. The highest BCUT2D eigenvalue weighted by molar-refractivity contribution is 5.83. The summed E-state index contributed by atoms with van der Waals surface area (Å²) in [6.07, 6.45) is 1.81. The van der Waals surface area contributed by atoms with Gasteiger partial charge in [-0.3, -0.25) is 4.79 Å². The summed E-state index contributed by atoms with van der Waals surface area (Å²) in [5.74, 6) is -4.50. The van der Waals surface area contributed by atoms with Crippen molar-refractivity contribution in [3.05, 3.63) is 66.0 Å². The minimum Gasteiger partial charge on any atom is -0.497 e. The predicted molar refractivity (Wildman–Crippen MR) is 100.0 cm³/mol. The van der Waals surface area contributed by atoms with Crippen LogP contribution in [-0.4, -0.2) is 24.0 Å². The van der Waals surface area contributed by atoms with E-state index in [1.807, 2.05) is 42.6 Å². The van der Waals surface area contributed by atoms with Gasteiger partial charge in [0.15, 0.2) is 0 Å². The summed E-state index contributed by atoms with van der Waals surface area (Å²) in [6, 6.07) is 14.8. The quantitative estimate of drug-likeness (QED) is 0.524. The monoisotopic (exact) mass is 385 g/mol. The van der Waals surface area contributed by atoms with Gasteiger partial charge in [-0.15, -0.1) is 10.2 Å². The SMILES string of the molecule is COc1ccc(/C(=C(/C)N=NC(=O)C(C)(F)F)[n+]2[nH]cc3ccccc32)cc1. The number of amides is 1. The zero-order valence-corrected chi connectivity index (χ0v) is 15.6. The molecule has 1 N–H and O–H groups in total. The molecule has 0 aliphatic heterocycles. The van der Waals surface area contributed by atoms with Crippen molar-refractivity contribution in [3.63, 3.8) is 0 Å². The maximum Gasteiger partial charge on any atom is 0.334 e. The van der Waals surface area contributed by atoms with Crippen molar-refractivity contribution in [1.82, 2.24) is 5.10 Å². The Morgan fingerprint density at radius 1 is 1.11 bits per heavy atom. The number of benzene rings is 2. The number of alkyl halides is 2. The summed E-state index contributed by atoms with van der Waals surface area (Å²) in [5.41, 5.74) is 2.46. The molecule has 0 aliphatic rings. The van der Waals surface area contributed by atoms with Crippen molar-refractivity contribution in [1.29, 1.82) is 0 Å². The van der Waals surface area contributed by atoms with Crippen LogP contribution in [0.1, 0.15) is 19.4 Å². The van der Waals surface area contributed by atoms with E-state index in [0.29, 0.717) is 24.1 Å². The lowest BCUT2D eigenvalue weighted by molar-refractivity contribution is -0.614. The highest BCUT2D eigenvalue weighted by Gasteiger charge is 2.32. The van der Waals surface area contributed by atoms with Crippen LogP contribution < -0.4 is 9.42 Å². The molecule has 3 aromatic rings. The lowest BCUT2D eigenvalue weighted by Gasteiger charge is -2.05. The molecule has 8 heteroatoms. The summed E-state index contributed by atoms with van der Waals surface area (Å²) in [6.45, 7) is 2.10. The third-order valence-corrected chi connectivity index (χ3v) is 4.12. The molecule has 0 radical (unpaired) electrons. The molecular formula is C20H19F2N4O2+. The molecule has 2 aromatic carbocycles. The maximum atomic E-state index is 13.1. The van der Waals surface area contributed by atoms with Gasteiger partial charge in [0.1, 0.15) is 11.4 Å². The van der Waals surface area contributed by atoms with Gasteiger partial charge in [-0.1, -0.05) is 16.8 Å². The number of rotatable bonds is 5. The first kappa shape index (κ1) is 19.3. The average Bonchev–Trinajstić information content (AvgIpc) is 3.10. The van der Waals surface area contributed by atoms with Crippen molar-refractivity contribution in [3.8, 4) is 5.75 Å². The number of nitrogens with one attached hydrogen (secondary N) is 1. The minimum atomic E-state index is -3.57. The maximum absolute atomic E-state index is 13.1. The molecule has 0 fully saturated rings. The first-order chi connectivity index (χ1) is 13.3. The van der Waals surface area contributed by atoms with E-state index >= 15 is 0 Å². The molecule has 0 spiro atoms. The molecule has 1 amide bonds. The van der Waals surface area contributed by atoms with E-state index in [1.54, 1.807) is 30.8 Å². The number of nitrogens with zero attached hydrogens (tertiary/aromatic N) is 3. The molecule has 0 saturated carbocycles. The Morgan fingerprint density at radius 2 is 1.79 bits per heavy atom. The second-order valence-electron chi connectivity index (χ2n) is 6.22. The number of aromatic nitrogens is 2. The lowest BCUT2D eigenvalue weighted by Crippen LogP contribution is -2.35. The first-order valence-electron chi connectivity index (χ1n) is 8.49.